The molecule has 0 amide bonds. The number of ether oxygens (including phenoxy) is 3. The monoisotopic (exact) mass is 547 g/mol. The van der Waals surface area contributed by atoms with Crippen LogP contribution in [0, 0.1) is 0 Å². The van der Waals surface area contributed by atoms with Gasteiger partial charge in [0, 0.05) is 14.2 Å². The second kappa shape index (κ2) is 11.7. The van der Waals surface area contributed by atoms with Crippen LogP contribution in [-0.4, -0.2) is 43.2 Å². The van der Waals surface area contributed by atoms with E-state index < -0.39 is 14.0 Å². The topological polar surface area (TPSA) is 75.3 Å². The molecule has 0 unspecified atom stereocenters. The maximum absolute atomic E-state index is 12.5. The van der Waals surface area contributed by atoms with Gasteiger partial charge < -0.3 is 23.3 Å². The van der Waals surface area contributed by atoms with E-state index >= 15 is 0 Å². The number of hydrogen-bond donors (Lipinski definition) is 1. The smallest absolute Gasteiger partial charge is 0.369 e. The first-order chi connectivity index (χ1) is 14.5. The summed E-state index contributed by atoms with van der Waals surface area (Å²) >= 11 is 2.24. The van der Waals surface area contributed by atoms with Gasteiger partial charge in [-0.15, -0.1) is 0 Å². The van der Waals surface area contributed by atoms with Crippen molar-refractivity contribution in [2.24, 2.45) is 0 Å². The fourth-order valence-corrected chi connectivity index (χ4v) is 5.34. The van der Waals surface area contributed by atoms with Gasteiger partial charge in [0.05, 0.1) is 23.7 Å². The standard InChI is InChI=1S/C21H27INO6P/c1-25-30(24,26-2)23-21-19(22)20(28-14-17-11-7-4-8-12-17)18(15-29-21)27-13-16-9-5-3-6-10-16/h3-12,18-21H,13-15H2,1-2H3,(H,23,24)/t18-,19+,20+,21+/m1/s1. The summed E-state index contributed by atoms with van der Waals surface area (Å²) < 4.78 is 40.7. The van der Waals surface area contributed by atoms with Crippen molar-refractivity contribution in [3.63, 3.8) is 0 Å². The van der Waals surface area contributed by atoms with Crippen molar-refractivity contribution in [1.29, 1.82) is 0 Å². The highest BCUT2D eigenvalue weighted by atomic mass is 127. The molecule has 2 aromatic carbocycles. The number of rotatable bonds is 10. The molecule has 0 saturated carbocycles. The molecule has 1 heterocycles. The van der Waals surface area contributed by atoms with Gasteiger partial charge in [0.15, 0.2) is 0 Å². The third-order valence-electron chi connectivity index (χ3n) is 4.77. The van der Waals surface area contributed by atoms with Gasteiger partial charge in [-0.1, -0.05) is 83.3 Å². The first-order valence-corrected chi connectivity index (χ1v) is 12.4. The summed E-state index contributed by atoms with van der Waals surface area (Å²) in [5.74, 6) is 0. The molecular weight excluding hydrogens is 520 g/mol. The van der Waals surface area contributed by atoms with Gasteiger partial charge >= 0.3 is 7.75 Å². The second-order valence-electron chi connectivity index (χ2n) is 6.79. The minimum atomic E-state index is -3.45. The minimum absolute atomic E-state index is 0.195. The molecule has 4 atom stereocenters. The molecule has 1 fully saturated rings. The number of hydrogen-bond acceptors (Lipinski definition) is 6. The molecule has 0 spiro atoms. The van der Waals surface area contributed by atoms with E-state index in [1.165, 1.54) is 14.2 Å². The van der Waals surface area contributed by atoms with Gasteiger partial charge in [0.1, 0.15) is 18.4 Å². The maximum atomic E-state index is 12.5. The lowest BCUT2D eigenvalue weighted by atomic mass is 10.1. The Morgan fingerprint density at radius 2 is 1.50 bits per heavy atom. The number of benzene rings is 2. The second-order valence-corrected chi connectivity index (χ2v) is 10.2. The van der Waals surface area contributed by atoms with Crippen molar-refractivity contribution in [2.75, 3.05) is 20.8 Å². The van der Waals surface area contributed by atoms with Crippen LogP contribution < -0.4 is 5.09 Å². The summed E-state index contributed by atoms with van der Waals surface area (Å²) in [6, 6.07) is 19.9. The predicted octanol–water partition coefficient (Wildman–Crippen LogP) is 4.31. The van der Waals surface area contributed by atoms with Crippen molar-refractivity contribution in [3.05, 3.63) is 71.8 Å². The van der Waals surface area contributed by atoms with E-state index in [1.54, 1.807) is 0 Å². The van der Waals surface area contributed by atoms with Crippen molar-refractivity contribution in [1.82, 2.24) is 5.09 Å². The van der Waals surface area contributed by atoms with Crippen LogP contribution in [0.15, 0.2) is 60.7 Å². The van der Waals surface area contributed by atoms with Crippen LogP contribution in [-0.2, 0) is 41.0 Å². The fourth-order valence-electron chi connectivity index (χ4n) is 3.09. The molecule has 2 aromatic rings. The Hall–Kier alpha value is -0.840. The lowest BCUT2D eigenvalue weighted by Gasteiger charge is -2.40. The highest BCUT2D eigenvalue weighted by Gasteiger charge is 2.43. The van der Waals surface area contributed by atoms with Crippen molar-refractivity contribution in [3.8, 4) is 0 Å². The van der Waals surface area contributed by atoms with Gasteiger partial charge in [-0.25, -0.2) is 4.57 Å². The van der Waals surface area contributed by atoms with Crippen molar-refractivity contribution >= 4 is 30.3 Å². The quantitative estimate of drug-likeness (QED) is 0.270. The van der Waals surface area contributed by atoms with E-state index in [1.807, 2.05) is 60.7 Å². The molecule has 0 radical (unpaired) electrons. The highest BCUT2D eigenvalue weighted by Crippen LogP contribution is 2.44. The largest absolute Gasteiger partial charge is 0.407 e. The van der Waals surface area contributed by atoms with Crippen LogP contribution in [0.2, 0.25) is 0 Å². The van der Waals surface area contributed by atoms with Gasteiger partial charge in [0.2, 0.25) is 0 Å². The molecule has 164 valence electrons. The van der Waals surface area contributed by atoms with Crippen LogP contribution >= 0.6 is 30.3 Å². The van der Waals surface area contributed by atoms with E-state index in [2.05, 4.69) is 27.7 Å². The molecule has 1 aliphatic heterocycles. The summed E-state index contributed by atoms with van der Waals surface area (Å²) in [4.78, 5) is 0. The first kappa shape index (κ1) is 23.8. The number of nitrogens with one attached hydrogen (secondary N) is 1. The Morgan fingerprint density at radius 1 is 0.967 bits per heavy atom. The van der Waals surface area contributed by atoms with Gasteiger partial charge in [-0.05, 0) is 11.1 Å². The predicted molar refractivity (Wildman–Crippen MR) is 122 cm³/mol. The molecule has 1 N–H and O–H groups in total. The summed E-state index contributed by atoms with van der Waals surface area (Å²) in [5, 5.41) is 2.85. The zero-order valence-electron chi connectivity index (χ0n) is 17.0. The van der Waals surface area contributed by atoms with Crippen LogP contribution in [0.4, 0.5) is 0 Å². The van der Waals surface area contributed by atoms with Crippen LogP contribution in [0.25, 0.3) is 0 Å². The molecule has 0 bridgehead atoms. The Balaban J connectivity index is 1.70. The molecule has 0 aliphatic carbocycles. The molecule has 1 saturated heterocycles. The van der Waals surface area contributed by atoms with Gasteiger partial charge in [-0.3, -0.25) is 0 Å². The van der Waals surface area contributed by atoms with Crippen LogP contribution in [0.5, 0.6) is 0 Å². The van der Waals surface area contributed by atoms with Gasteiger partial charge in [-0.2, -0.15) is 5.09 Å². The normalized spacial score (nSPS) is 24.6. The molecule has 1 aliphatic rings. The Bertz CT molecular complexity index is 804. The average molecular weight is 547 g/mol. The first-order valence-electron chi connectivity index (χ1n) is 9.60. The van der Waals surface area contributed by atoms with E-state index in [0.717, 1.165) is 11.1 Å². The molecule has 0 aromatic heterocycles. The molecule has 30 heavy (non-hydrogen) atoms. The van der Waals surface area contributed by atoms with Crippen molar-refractivity contribution < 1.29 is 27.8 Å². The maximum Gasteiger partial charge on any atom is 0.407 e. The average Bonchev–Trinajstić information content (AvgIpc) is 2.80. The lowest BCUT2D eigenvalue weighted by Crippen LogP contribution is -2.56. The highest BCUT2D eigenvalue weighted by molar-refractivity contribution is 14.1. The van der Waals surface area contributed by atoms with Crippen molar-refractivity contribution in [2.45, 2.75) is 35.6 Å². The molecule has 9 heteroatoms. The Kier molecular flexibility index (Phi) is 9.28. The lowest BCUT2D eigenvalue weighted by molar-refractivity contribution is -0.166. The van der Waals surface area contributed by atoms with E-state index in [0.29, 0.717) is 13.2 Å². The molecular formula is C21H27INO6P. The Morgan fingerprint density at radius 3 is 2.03 bits per heavy atom. The van der Waals surface area contributed by atoms with E-state index in [4.69, 9.17) is 23.3 Å². The minimum Gasteiger partial charge on any atom is -0.369 e. The Labute approximate surface area is 191 Å². The number of alkyl halides is 1. The van der Waals surface area contributed by atoms with Gasteiger partial charge in [0.25, 0.3) is 0 Å². The van der Waals surface area contributed by atoms with E-state index in [9.17, 15) is 4.57 Å². The summed E-state index contributed by atoms with van der Waals surface area (Å²) in [6.45, 7) is 1.18. The summed E-state index contributed by atoms with van der Waals surface area (Å²) in [5.41, 5.74) is 2.14. The zero-order valence-corrected chi connectivity index (χ0v) is 20.0. The third kappa shape index (κ3) is 6.58. The SMILES string of the molecule is COP(=O)(N[C@H]1OC[C@@H](OCc2ccccc2)[C@H](OCc2ccccc2)[C@@H]1I)OC. The summed E-state index contributed by atoms with van der Waals surface area (Å²) in [7, 11) is -0.788. The van der Waals surface area contributed by atoms with Crippen LogP contribution in [0.3, 0.4) is 0 Å². The third-order valence-corrected chi connectivity index (χ3v) is 7.66. The van der Waals surface area contributed by atoms with Crippen LogP contribution in [0.1, 0.15) is 11.1 Å². The fraction of sp³-hybridized carbons (Fsp3) is 0.429. The molecule has 7 nitrogen and oxygen atoms in total. The zero-order chi connectivity index (χ0) is 21.4. The molecule has 3 rings (SSSR count). The summed E-state index contributed by atoms with van der Waals surface area (Å²) in [6.07, 6.45) is -1.14. The van der Waals surface area contributed by atoms with E-state index in [-0.39, 0.29) is 22.7 Å². The number of halogens is 1.